The Morgan fingerprint density at radius 2 is 1.48 bits per heavy atom. The molecule has 0 radical (unpaired) electrons. The molecule has 1 nitrogen and oxygen atoms in total. The van der Waals surface area contributed by atoms with Gasteiger partial charge >= 0.3 is 0 Å². The minimum atomic E-state index is 0.977. The van der Waals surface area contributed by atoms with Crippen molar-refractivity contribution < 1.29 is 0 Å². The van der Waals surface area contributed by atoms with Crippen molar-refractivity contribution in [2.45, 2.75) is 0 Å². The smallest absolute Gasteiger partial charge is 0.0715 e. The lowest BCUT2D eigenvalue weighted by atomic mass is 9.99. The fourth-order valence-corrected chi connectivity index (χ4v) is 3.26. The molecule has 1 aromatic heterocycles. The van der Waals surface area contributed by atoms with Crippen LogP contribution in [0.25, 0.3) is 22.6 Å². The van der Waals surface area contributed by atoms with E-state index in [1.807, 2.05) is 24.3 Å². The Hall–Kier alpha value is -2.71. The molecule has 0 aliphatic carbocycles. The van der Waals surface area contributed by atoms with E-state index < -0.39 is 0 Å². The number of fused-ring (bicyclic) bond motifs is 1. The Morgan fingerprint density at radius 3 is 2.24 bits per heavy atom. The van der Waals surface area contributed by atoms with Crippen LogP contribution in [0.5, 0.6) is 0 Å². The summed E-state index contributed by atoms with van der Waals surface area (Å²) < 4.78 is 1.07. The maximum absolute atomic E-state index is 4.90. The predicted molar refractivity (Wildman–Crippen MR) is 109 cm³/mol. The quantitative estimate of drug-likeness (QED) is 0.362. The summed E-state index contributed by atoms with van der Waals surface area (Å²) in [5, 5.41) is 1.13. The molecule has 0 unspecified atom stereocenters. The van der Waals surface area contributed by atoms with Gasteiger partial charge in [-0.3, -0.25) is 0 Å². The molecule has 0 amide bonds. The molecule has 3 aromatic carbocycles. The highest BCUT2D eigenvalue weighted by molar-refractivity contribution is 9.10. The molecule has 120 valence electrons. The molecule has 0 saturated carbocycles. The van der Waals surface area contributed by atoms with Crippen LogP contribution in [-0.2, 0) is 0 Å². The summed E-state index contributed by atoms with van der Waals surface area (Å²) in [5.74, 6) is 0. The third-order valence-corrected chi connectivity index (χ3v) is 4.62. The standard InChI is InChI=1S/C23H16BrN/c24-20-12-14-22-19(16-20)11-13-23(25-22)21(18-9-5-2-6-10-18)15-17-7-3-1-4-8-17/h1-16H/b21-15+. The molecule has 25 heavy (non-hydrogen) atoms. The number of hydrogen-bond donors (Lipinski definition) is 0. The van der Waals surface area contributed by atoms with Gasteiger partial charge in [0, 0.05) is 15.4 Å². The van der Waals surface area contributed by atoms with Gasteiger partial charge in [0.15, 0.2) is 0 Å². The minimum Gasteiger partial charge on any atom is -0.248 e. The summed E-state index contributed by atoms with van der Waals surface area (Å²) in [4.78, 5) is 4.90. The number of hydrogen-bond acceptors (Lipinski definition) is 1. The van der Waals surface area contributed by atoms with Crippen molar-refractivity contribution in [2.24, 2.45) is 0 Å². The van der Waals surface area contributed by atoms with Gasteiger partial charge in [-0.25, -0.2) is 4.98 Å². The van der Waals surface area contributed by atoms with Gasteiger partial charge in [-0.05, 0) is 41.5 Å². The monoisotopic (exact) mass is 385 g/mol. The van der Waals surface area contributed by atoms with Gasteiger partial charge in [0.1, 0.15) is 0 Å². The molecule has 0 aliphatic heterocycles. The second-order valence-electron chi connectivity index (χ2n) is 5.87. The van der Waals surface area contributed by atoms with Crippen LogP contribution in [0.1, 0.15) is 16.8 Å². The van der Waals surface area contributed by atoms with Gasteiger partial charge < -0.3 is 0 Å². The van der Waals surface area contributed by atoms with Crippen LogP contribution in [0.15, 0.2) is 95.5 Å². The molecule has 1 heterocycles. The Kier molecular flexibility index (Phi) is 4.45. The highest BCUT2D eigenvalue weighted by atomic mass is 79.9. The van der Waals surface area contributed by atoms with E-state index in [9.17, 15) is 0 Å². The number of halogens is 1. The predicted octanol–water partition coefficient (Wildman–Crippen LogP) is 6.59. The van der Waals surface area contributed by atoms with E-state index in [1.165, 1.54) is 5.56 Å². The van der Waals surface area contributed by atoms with Crippen molar-refractivity contribution in [1.29, 1.82) is 0 Å². The van der Waals surface area contributed by atoms with Crippen LogP contribution < -0.4 is 0 Å². The van der Waals surface area contributed by atoms with E-state index in [-0.39, 0.29) is 0 Å². The van der Waals surface area contributed by atoms with E-state index in [1.54, 1.807) is 0 Å². The number of aromatic nitrogens is 1. The zero-order valence-electron chi connectivity index (χ0n) is 13.6. The van der Waals surface area contributed by atoms with Crippen LogP contribution in [0.4, 0.5) is 0 Å². The zero-order valence-corrected chi connectivity index (χ0v) is 15.1. The highest BCUT2D eigenvalue weighted by Crippen LogP contribution is 2.27. The number of pyridine rings is 1. The number of nitrogens with zero attached hydrogens (tertiary/aromatic N) is 1. The molecule has 0 N–H and O–H groups in total. The van der Waals surface area contributed by atoms with Crippen molar-refractivity contribution in [1.82, 2.24) is 4.98 Å². The van der Waals surface area contributed by atoms with Crippen LogP contribution in [0, 0.1) is 0 Å². The molecule has 0 bridgehead atoms. The van der Waals surface area contributed by atoms with Gasteiger partial charge in [-0.15, -0.1) is 0 Å². The maximum atomic E-state index is 4.90. The van der Waals surface area contributed by atoms with Gasteiger partial charge in [0.2, 0.25) is 0 Å². The first-order valence-electron chi connectivity index (χ1n) is 8.18. The van der Waals surface area contributed by atoms with Gasteiger partial charge in [-0.2, -0.15) is 0 Å². The first-order chi connectivity index (χ1) is 12.3. The summed E-state index contributed by atoms with van der Waals surface area (Å²) in [6.07, 6.45) is 2.20. The largest absolute Gasteiger partial charge is 0.248 e. The fraction of sp³-hybridized carbons (Fsp3) is 0. The van der Waals surface area contributed by atoms with Crippen molar-refractivity contribution in [3.05, 3.63) is 112 Å². The zero-order chi connectivity index (χ0) is 17.1. The molecule has 0 aliphatic rings. The average Bonchev–Trinajstić information content (AvgIpc) is 2.67. The first kappa shape index (κ1) is 15.8. The molecule has 0 fully saturated rings. The number of rotatable bonds is 3. The molecule has 0 atom stereocenters. The molecular weight excluding hydrogens is 370 g/mol. The fourth-order valence-electron chi connectivity index (χ4n) is 2.89. The van der Waals surface area contributed by atoms with E-state index in [0.717, 1.165) is 32.2 Å². The van der Waals surface area contributed by atoms with E-state index >= 15 is 0 Å². The summed E-state index contributed by atoms with van der Waals surface area (Å²) in [6.45, 7) is 0. The lowest BCUT2D eigenvalue weighted by molar-refractivity contribution is 1.34. The molecule has 0 saturated heterocycles. The summed E-state index contributed by atoms with van der Waals surface area (Å²) in [5.41, 5.74) is 5.42. The van der Waals surface area contributed by atoms with Crippen LogP contribution in [0.2, 0.25) is 0 Å². The third-order valence-electron chi connectivity index (χ3n) is 4.12. The van der Waals surface area contributed by atoms with Crippen molar-refractivity contribution >= 4 is 38.5 Å². The third kappa shape index (κ3) is 3.54. The van der Waals surface area contributed by atoms with Crippen LogP contribution in [0.3, 0.4) is 0 Å². The highest BCUT2D eigenvalue weighted by Gasteiger charge is 2.08. The number of benzene rings is 3. The van der Waals surface area contributed by atoms with Crippen molar-refractivity contribution in [2.75, 3.05) is 0 Å². The molecule has 4 aromatic rings. The SMILES string of the molecule is Brc1ccc2nc(/C(=C/c3ccccc3)c3ccccc3)ccc2c1. The lowest BCUT2D eigenvalue weighted by Crippen LogP contribution is -1.93. The Bertz CT molecular complexity index is 1040. The second-order valence-corrected chi connectivity index (χ2v) is 6.78. The van der Waals surface area contributed by atoms with E-state index in [0.29, 0.717) is 0 Å². The normalized spacial score (nSPS) is 11.6. The van der Waals surface area contributed by atoms with E-state index in [4.69, 9.17) is 4.98 Å². The summed E-state index contributed by atoms with van der Waals surface area (Å²) in [7, 11) is 0. The van der Waals surface area contributed by atoms with Crippen molar-refractivity contribution in [3.63, 3.8) is 0 Å². The Labute approximate surface area is 155 Å². The topological polar surface area (TPSA) is 12.9 Å². The Morgan fingerprint density at radius 1 is 0.760 bits per heavy atom. The second kappa shape index (κ2) is 7.04. The molecule has 2 heteroatoms. The molecule has 0 spiro atoms. The molecular formula is C23H16BrN. The van der Waals surface area contributed by atoms with Gasteiger partial charge in [0.05, 0.1) is 11.2 Å². The molecule has 4 rings (SSSR count). The summed E-state index contributed by atoms with van der Waals surface area (Å²) in [6, 6.07) is 31.2. The van der Waals surface area contributed by atoms with Crippen LogP contribution >= 0.6 is 15.9 Å². The van der Waals surface area contributed by atoms with E-state index in [2.05, 4.69) is 88.7 Å². The maximum Gasteiger partial charge on any atom is 0.0715 e. The lowest BCUT2D eigenvalue weighted by Gasteiger charge is -2.10. The van der Waals surface area contributed by atoms with Gasteiger partial charge in [0.25, 0.3) is 0 Å². The van der Waals surface area contributed by atoms with Crippen molar-refractivity contribution in [3.8, 4) is 0 Å². The minimum absolute atomic E-state index is 0.977. The average molecular weight is 386 g/mol. The van der Waals surface area contributed by atoms with Gasteiger partial charge in [-0.1, -0.05) is 82.7 Å². The summed E-state index contributed by atoms with van der Waals surface area (Å²) >= 11 is 3.52. The first-order valence-corrected chi connectivity index (χ1v) is 8.98. The van der Waals surface area contributed by atoms with Crippen LogP contribution in [-0.4, -0.2) is 4.98 Å². The Balaban J connectivity index is 1.89.